The monoisotopic (exact) mass is 310 g/mol. The lowest BCUT2D eigenvalue weighted by molar-refractivity contribution is 0.0983. The van der Waals surface area contributed by atoms with Crippen LogP contribution in [0.1, 0.15) is 41.5 Å². The molecule has 2 heterocycles. The number of carbonyl (C=O) groups excluding carboxylic acids is 1. The summed E-state index contributed by atoms with van der Waals surface area (Å²) in [7, 11) is -1.89. The predicted octanol–water partition coefficient (Wildman–Crippen LogP) is 1.09. The van der Waals surface area contributed by atoms with Crippen molar-refractivity contribution in [3.05, 3.63) is 23.0 Å². The van der Waals surface area contributed by atoms with Crippen molar-refractivity contribution in [1.82, 2.24) is 19.5 Å². The van der Waals surface area contributed by atoms with E-state index in [4.69, 9.17) is 0 Å². The van der Waals surface area contributed by atoms with Crippen LogP contribution < -0.4 is 4.72 Å². The van der Waals surface area contributed by atoms with Gasteiger partial charge in [0.05, 0.1) is 22.9 Å². The minimum Gasteiger partial charge on any atom is -0.268 e. The molecule has 1 amide bonds. The molecule has 114 valence electrons. The molecule has 0 saturated heterocycles. The molecule has 2 rings (SSSR count). The van der Waals surface area contributed by atoms with Gasteiger partial charge in [-0.2, -0.15) is 5.10 Å². The van der Waals surface area contributed by atoms with Crippen LogP contribution in [0.15, 0.2) is 6.07 Å². The lowest BCUT2D eigenvalue weighted by Crippen LogP contribution is -2.29. The van der Waals surface area contributed by atoms with Gasteiger partial charge >= 0.3 is 0 Å². The molecule has 0 radical (unpaired) electrons. The van der Waals surface area contributed by atoms with E-state index < -0.39 is 15.9 Å². The fourth-order valence-corrected chi connectivity index (χ4v) is 2.61. The Labute approximate surface area is 123 Å². The van der Waals surface area contributed by atoms with E-state index in [9.17, 15) is 13.2 Å². The van der Waals surface area contributed by atoms with Crippen LogP contribution in [0.25, 0.3) is 11.0 Å². The lowest BCUT2D eigenvalue weighted by atomic mass is 10.0. The quantitative estimate of drug-likeness (QED) is 0.916. The molecule has 0 unspecified atom stereocenters. The van der Waals surface area contributed by atoms with Crippen molar-refractivity contribution in [2.24, 2.45) is 7.05 Å². The molecule has 0 aliphatic rings. The van der Waals surface area contributed by atoms with Gasteiger partial charge in [-0.25, -0.2) is 18.1 Å². The number of rotatable bonds is 3. The number of aromatic nitrogens is 3. The van der Waals surface area contributed by atoms with Crippen LogP contribution in [0.3, 0.4) is 0 Å². The van der Waals surface area contributed by atoms with Crippen molar-refractivity contribution in [2.45, 2.75) is 26.7 Å². The van der Waals surface area contributed by atoms with Gasteiger partial charge in [0.15, 0.2) is 5.65 Å². The van der Waals surface area contributed by atoms with Crippen molar-refractivity contribution in [3.8, 4) is 0 Å². The third kappa shape index (κ3) is 3.05. The summed E-state index contributed by atoms with van der Waals surface area (Å²) in [6.45, 7) is 5.67. The Bertz CT molecular complexity index is 822. The van der Waals surface area contributed by atoms with Crippen molar-refractivity contribution in [1.29, 1.82) is 0 Å². The van der Waals surface area contributed by atoms with Crippen LogP contribution in [0, 0.1) is 6.92 Å². The Morgan fingerprint density at radius 3 is 2.52 bits per heavy atom. The van der Waals surface area contributed by atoms with E-state index in [2.05, 4.69) is 10.1 Å². The van der Waals surface area contributed by atoms with Crippen molar-refractivity contribution < 1.29 is 13.2 Å². The van der Waals surface area contributed by atoms with E-state index in [1.165, 1.54) is 0 Å². The first-order chi connectivity index (χ1) is 9.60. The molecule has 0 aliphatic heterocycles. The van der Waals surface area contributed by atoms with E-state index in [0.29, 0.717) is 22.4 Å². The number of hydrogen-bond acceptors (Lipinski definition) is 5. The van der Waals surface area contributed by atoms with Gasteiger partial charge in [-0.1, -0.05) is 13.8 Å². The summed E-state index contributed by atoms with van der Waals surface area (Å²) >= 11 is 0. The first-order valence-corrected chi connectivity index (χ1v) is 8.35. The Morgan fingerprint density at radius 2 is 2.00 bits per heavy atom. The molecular weight excluding hydrogens is 292 g/mol. The highest BCUT2D eigenvalue weighted by Gasteiger charge is 2.21. The fourth-order valence-electron chi connectivity index (χ4n) is 2.16. The third-order valence-electron chi connectivity index (χ3n) is 3.10. The number of pyridine rings is 1. The van der Waals surface area contributed by atoms with Crippen molar-refractivity contribution in [3.63, 3.8) is 0 Å². The smallest absolute Gasteiger partial charge is 0.265 e. The summed E-state index contributed by atoms with van der Waals surface area (Å²) in [6, 6.07) is 1.63. The molecule has 0 aromatic carbocycles. The largest absolute Gasteiger partial charge is 0.268 e. The summed E-state index contributed by atoms with van der Waals surface area (Å²) in [4.78, 5) is 16.8. The first kappa shape index (κ1) is 15.4. The standard InChI is InChI=1S/C13H18N4O3S/c1-7(2)10-6-9(13(18)16-21(5,19)20)11-8(3)15-17(4)12(11)14-10/h6-7H,1-5H3,(H,16,18). The number of nitrogens with one attached hydrogen (secondary N) is 1. The van der Waals surface area contributed by atoms with E-state index in [-0.39, 0.29) is 11.5 Å². The normalized spacial score (nSPS) is 12.1. The number of aryl methyl sites for hydroxylation is 2. The number of sulfonamides is 1. The van der Waals surface area contributed by atoms with Crippen molar-refractivity contribution in [2.75, 3.05) is 6.26 Å². The molecule has 8 heteroatoms. The molecule has 0 bridgehead atoms. The maximum absolute atomic E-state index is 12.3. The predicted molar refractivity (Wildman–Crippen MR) is 79.6 cm³/mol. The van der Waals surface area contributed by atoms with Crippen LogP contribution in [-0.2, 0) is 17.1 Å². The topological polar surface area (TPSA) is 93.9 Å². The minimum absolute atomic E-state index is 0.106. The van der Waals surface area contributed by atoms with Gasteiger partial charge in [0.2, 0.25) is 10.0 Å². The highest BCUT2D eigenvalue weighted by molar-refractivity contribution is 7.89. The zero-order valence-corrected chi connectivity index (χ0v) is 13.4. The van der Waals surface area contributed by atoms with E-state index in [0.717, 1.165) is 6.26 Å². The van der Waals surface area contributed by atoms with Crippen LogP contribution >= 0.6 is 0 Å². The Balaban J connectivity index is 2.73. The molecule has 0 saturated carbocycles. The molecule has 0 aliphatic carbocycles. The van der Waals surface area contributed by atoms with E-state index >= 15 is 0 Å². The van der Waals surface area contributed by atoms with Gasteiger partial charge in [-0.3, -0.25) is 9.48 Å². The Hall–Kier alpha value is -1.96. The summed E-state index contributed by atoms with van der Waals surface area (Å²) in [5.41, 5.74) is 2.19. The molecule has 21 heavy (non-hydrogen) atoms. The Kier molecular flexibility index (Phi) is 3.75. The van der Waals surface area contributed by atoms with Crippen LogP contribution in [-0.4, -0.2) is 35.3 Å². The number of hydrogen-bond donors (Lipinski definition) is 1. The second kappa shape index (κ2) is 5.10. The zero-order valence-electron chi connectivity index (χ0n) is 12.6. The maximum atomic E-state index is 12.3. The SMILES string of the molecule is Cc1nn(C)c2nc(C(C)C)cc(C(=O)NS(C)(=O)=O)c12. The number of fused-ring (bicyclic) bond motifs is 1. The zero-order chi connectivity index (χ0) is 15.9. The summed E-state index contributed by atoms with van der Waals surface area (Å²) < 4.78 is 26.2. The molecule has 0 fully saturated rings. The van der Waals surface area contributed by atoms with Crippen LogP contribution in [0.4, 0.5) is 0 Å². The molecule has 7 nitrogen and oxygen atoms in total. The third-order valence-corrected chi connectivity index (χ3v) is 3.66. The number of nitrogens with zero attached hydrogens (tertiary/aromatic N) is 3. The molecule has 2 aromatic rings. The molecule has 1 N–H and O–H groups in total. The summed E-state index contributed by atoms with van der Waals surface area (Å²) in [5, 5.41) is 4.83. The second-order valence-electron chi connectivity index (χ2n) is 5.36. The molecule has 0 spiro atoms. The first-order valence-electron chi connectivity index (χ1n) is 6.46. The van der Waals surface area contributed by atoms with E-state index in [1.807, 2.05) is 18.6 Å². The van der Waals surface area contributed by atoms with E-state index in [1.54, 1.807) is 24.7 Å². The molecular formula is C13H18N4O3S. The van der Waals surface area contributed by atoms with Crippen LogP contribution in [0.2, 0.25) is 0 Å². The van der Waals surface area contributed by atoms with Gasteiger partial charge in [0.25, 0.3) is 5.91 Å². The maximum Gasteiger partial charge on any atom is 0.265 e. The van der Waals surface area contributed by atoms with Gasteiger partial charge < -0.3 is 0 Å². The van der Waals surface area contributed by atoms with Crippen LogP contribution in [0.5, 0.6) is 0 Å². The van der Waals surface area contributed by atoms with Gasteiger partial charge in [0, 0.05) is 12.7 Å². The van der Waals surface area contributed by atoms with Gasteiger partial charge in [-0.05, 0) is 18.9 Å². The van der Waals surface area contributed by atoms with Gasteiger partial charge in [0.1, 0.15) is 0 Å². The average Bonchev–Trinajstić information content (AvgIpc) is 2.62. The minimum atomic E-state index is -3.63. The fraction of sp³-hybridized carbons (Fsp3) is 0.462. The number of amides is 1. The lowest BCUT2D eigenvalue weighted by Gasteiger charge is -2.10. The highest BCUT2D eigenvalue weighted by atomic mass is 32.2. The Morgan fingerprint density at radius 1 is 1.38 bits per heavy atom. The average molecular weight is 310 g/mol. The summed E-state index contributed by atoms with van der Waals surface area (Å²) in [6.07, 6.45) is 0.947. The molecule has 2 aromatic heterocycles. The molecule has 0 atom stereocenters. The second-order valence-corrected chi connectivity index (χ2v) is 7.11. The summed E-state index contributed by atoms with van der Waals surface area (Å²) in [5.74, 6) is -0.558. The van der Waals surface area contributed by atoms with Crippen molar-refractivity contribution >= 4 is 27.0 Å². The van der Waals surface area contributed by atoms with Gasteiger partial charge in [-0.15, -0.1) is 0 Å². The highest BCUT2D eigenvalue weighted by Crippen LogP contribution is 2.24. The number of carbonyl (C=O) groups is 1.